The van der Waals surface area contributed by atoms with Crippen molar-refractivity contribution in [2.45, 2.75) is 19.8 Å². The standard InChI is InChI=1S/C17H16S2/c1-13-4-9-17(19-13)12-15-7-5-14(6-8-15)11-16-3-2-10-18-16/h2-10H,11-12H2,1H3. The molecule has 2 heterocycles. The lowest BCUT2D eigenvalue weighted by molar-refractivity contribution is 1.19. The van der Waals surface area contributed by atoms with Gasteiger partial charge in [0.25, 0.3) is 0 Å². The second-order valence-corrected chi connectivity index (χ2v) is 7.17. The van der Waals surface area contributed by atoms with Crippen LogP contribution in [-0.4, -0.2) is 0 Å². The number of aryl methyl sites for hydroxylation is 1. The van der Waals surface area contributed by atoms with Gasteiger partial charge in [-0.3, -0.25) is 0 Å². The molecule has 0 spiro atoms. The first-order valence-corrected chi connectivity index (χ1v) is 8.15. The van der Waals surface area contributed by atoms with Crippen LogP contribution in [0.2, 0.25) is 0 Å². The molecule has 0 radical (unpaired) electrons. The predicted octanol–water partition coefficient (Wildman–Crippen LogP) is 5.30. The summed E-state index contributed by atoms with van der Waals surface area (Å²) in [5.74, 6) is 0. The monoisotopic (exact) mass is 284 g/mol. The fourth-order valence-corrected chi connectivity index (χ4v) is 3.83. The van der Waals surface area contributed by atoms with E-state index in [1.165, 1.54) is 25.8 Å². The van der Waals surface area contributed by atoms with Crippen molar-refractivity contribution in [3.63, 3.8) is 0 Å². The molecule has 0 nitrogen and oxygen atoms in total. The van der Waals surface area contributed by atoms with Gasteiger partial charge >= 0.3 is 0 Å². The highest BCUT2D eigenvalue weighted by Crippen LogP contribution is 2.20. The fourth-order valence-electron chi connectivity index (χ4n) is 2.17. The average Bonchev–Trinajstić information content (AvgIpc) is 3.04. The minimum absolute atomic E-state index is 1.05. The van der Waals surface area contributed by atoms with E-state index in [-0.39, 0.29) is 0 Å². The van der Waals surface area contributed by atoms with Crippen LogP contribution in [-0.2, 0) is 12.8 Å². The molecule has 0 fully saturated rings. The molecule has 0 saturated heterocycles. The molecule has 0 bridgehead atoms. The van der Waals surface area contributed by atoms with Crippen molar-refractivity contribution < 1.29 is 0 Å². The van der Waals surface area contributed by atoms with E-state index in [4.69, 9.17) is 0 Å². The molecule has 0 atom stereocenters. The van der Waals surface area contributed by atoms with E-state index in [2.05, 4.69) is 60.8 Å². The van der Waals surface area contributed by atoms with Gasteiger partial charge < -0.3 is 0 Å². The van der Waals surface area contributed by atoms with Crippen LogP contribution >= 0.6 is 22.7 Å². The number of hydrogen-bond donors (Lipinski definition) is 0. The Morgan fingerprint density at radius 2 is 1.47 bits per heavy atom. The van der Waals surface area contributed by atoms with Gasteiger partial charge in [0.1, 0.15) is 0 Å². The van der Waals surface area contributed by atoms with E-state index in [1.54, 1.807) is 0 Å². The molecule has 3 rings (SSSR count). The molecule has 0 amide bonds. The molecule has 2 aromatic heterocycles. The lowest BCUT2D eigenvalue weighted by Gasteiger charge is -2.02. The molecule has 96 valence electrons. The van der Waals surface area contributed by atoms with E-state index in [0.29, 0.717) is 0 Å². The Bertz CT molecular complexity index is 630. The minimum atomic E-state index is 1.05. The van der Waals surface area contributed by atoms with Crippen LogP contribution in [0.5, 0.6) is 0 Å². The highest BCUT2D eigenvalue weighted by molar-refractivity contribution is 7.11. The van der Waals surface area contributed by atoms with Crippen LogP contribution in [0.4, 0.5) is 0 Å². The van der Waals surface area contributed by atoms with Crippen LogP contribution < -0.4 is 0 Å². The quantitative estimate of drug-likeness (QED) is 0.610. The minimum Gasteiger partial charge on any atom is -0.149 e. The average molecular weight is 284 g/mol. The first kappa shape index (κ1) is 12.6. The Balaban J connectivity index is 1.68. The smallest absolute Gasteiger partial charge is 0.00918 e. The van der Waals surface area contributed by atoms with Crippen LogP contribution in [0.3, 0.4) is 0 Å². The summed E-state index contributed by atoms with van der Waals surface area (Å²) in [4.78, 5) is 4.27. The van der Waals surface area contributed by atoms with E-state index in [0.717, 1.165) is 12.8 Å². The van der Waals surface area contributed by atoms with Gasteiger partial charge in [0.05, 0.1) is 0 Å². The van der Waals surface area contributed by atoms with Gasteiger partial charge in [-0.15, -0.1) is 22.7 Å². The Morgan fingerprint density at radius 3 is 2.00 bits per heavy atom. The summed E-state index contributed by atoms with van der Waals surface area (Å²) >= 11 is 3.72. The molecule has 0 N–H and O–H groups in total. The van der Waals surface area contributed by atoms with Gasteiger partial charge in [-0.1, -0.05) is 30.3 Å². The Hall–Kier alpha value is -1.38. The fraction of sp³-hybridized carbons (Fsp3) is 0.176. The van der Waals surface area contributed by atoms with Crippen LogP contribution in [0.25, 0.3) is 0 Å². The predicted molar refractivity (Wildman–Crippen MR) is 85.4 cm³/mol. The normalized spacial score (nSPS) is 10.8. The van der Waals surface area contributed by atoms with E-state index in [9.17, 15) is 0 Å². The molecular formula is C17H16S2. The van der Waals surface area contributed by atoms with Crippen molar-refractivity contribution in [3.05, 3.63) is 79.7 Å². The lowest BCUT2D eigenvalue weighted by Crippen LogP contribution is -1.88. The summed E-state index contributed by atoms with van der Waals surface area (Å²) in [5, 5.41) is 2.14. The summed E-state index contributed by atoms with van der Waals surface area (Å²) in [5.41, 5.74) is 2.80. The summed E-state index contributed by atoms with van der Waals surface area (Å²) in [7, 11) is 0. The Kier molecular flexibility index (Phi) is 3.81. The third-order valence-electron chi connectivity index (χ3n) is 3.16. The van der Waals surface area contributed by atoms with Crippen molar-refractivity contribution in [2.75, 3.05) is 0 Å². The maximum atomic E-state index is 2.26. The Labute approximate surface area is 122 Å². The van der Waals surface area contributed by atoms with E-state index in [1.807, 2.05) is 22.7 Å². The molecule has 0 unspecified atom stereocenters. The van der Waals surface area contributed by atoms with Crippen LogP contribution in [0.1, 0.15) is 25.8 Å². The van der Waals surface area contributed by atoms with Crippen molar-refractivity contribution in [1.29, 1.82) is 0 Å². The Morgan fingerprint density at radius 1 is 0.789 bits per heavy atom. The summed E-state index contributed by atoms with van der Waals surface area (Å²) in [6.07, 6.45) is 2.11. The summed E-state index contributed by atoms with van der Waals surface area (Å²) < 4.78 is 0. The topological polar surface area (TPSA) is 0 Å². The molecule has 3 aromatic rings. The molecule has 19 heavy (non-hydrogen) atoms. The third-order valence-corrected chi connectivity index (χ3v) is 5.03. The summed E-state index contributed by atoms with van der Waals surface area (Å²) in [6, 6.07) is 17.8. The van der Waals surface area contributed by atoms with Gasteiger partial charge in [-0.25, -0.2) is 0 Å². The molecule has 2 heteroatoms. The number of rotatable bonds is 4. The first-order chi connectivity index (χ1) is 9.29. The SMILES string of the molecule is Cc1ccc(Cc2ccc(Cc3cccs3)cc2)s1. The highest BCUT2D eigenvalue weighted by Gasteiger charge is 2.01. The largest absolute Gasteiger partial charge is 0.149 e. The lowest BCUT2D eigenvalue weighted by atomic mass is 10.1. The van der Waals surface area contributed by atoms with Gasteiger partial charge in [0, 0.05) is 27.5 Å². The molecule has 1 aromatic carbocycles. The maximum Gasteiger partial charge on any atom is 0.00918 e. The van der Waals surface area contributed by atoms with E-state index >= 15 is 0 Å². The van der Waals surface area contributed by atoms with Crippen LogP contribution in [0, 0.1) is 6.92 Å². The summed E-state index contributed by atoms with van der Waals surface area (Å²) in [6.45, 7) is 2.16. The van der Waals surface area contributed by atoms with Crippen molar-refractivity contribution >= 4 is 22.7 Å². The number of benzene rings is 1. The number of thiophene rings is 2. The maximum absolute atomic E-state index is 2.26. The molecule has 0 saturated carbocycles. The van der Waals surface area contributed by atoms with Gasteiger partial charge in [-0.05, 0) is 41.6 Å². The first-order valence-electron chi connectivity index (χ1n) is 6.45. The van der Waals surface area contributed by atoms with Crippen molar-refractivity contribution in [3.8, 4) is 0 Å². The molecule has 0 aliphatic heterocycles. The van der Waals surface area contributed by atoms with E-state index < -0.39 is 0 Å². The number of hydrogen-bond acceptors (Lipinski definition) is 2. The van der Waals surface area contributed by atoms with Crippen molar-refractivity contribution in [1.82, 2.24) is 0 Å². The zero-order chi connectivity index (χ0) is 13.1. The second kappa shape index (κ2) is 5.72. The molecule has 0 aliphatic carbocycles. The highest BCUT2D eigenvalue weighted by atomic mass is 32.1. The second-order valence-electron chi connectivity index (χ2n) is 4.76. The van der Waals surface area contributed by atoms with Gasteiger partial charge in [0.15, 0.2) is 0 Å². The van der Waals surface area contributed by atoms with Gasteiger partial charge in [-0.2, -0.15) is 0 Å². The van der Waals surface area contributed by atoms with Gasteiger partial charge in [0.2, 0.25) is 0 Å². The zero-order valence-corrected chi connectivity index (χ0v) is 12.6. The van der Waals surface area contributed by atoms with Crippen LogP contribution in [0.15, 0.2) is 53.9 Å². The molecule has 0 aliphatic rings. The molecular weight excluding hydrogens is 268 g/mol. The third kappa shape index (κ3) is 3.34. The van der Waals surface area contributed by atoms with Crippen molar-refractivity contribution in [2.24, 2.45) is 0 Å². The zero-order valence-electron chi connectivity index (χ0n) is 10.9.